The Morgan fingerprint density at radius 3 is 2.33 bits per heavy atom. The normalized spacial score (nSPS) is 17.4. The molecule has 15 heavy (non-hydrogen) atoms. The van der Waals surface area contributed by atoms with Crippen LogP contribution in [0, 0.1) is 0 Å². The highest BCUT2D eigenvalue weighted by Gasteiger charge is 2.65. The van der Waals surface area contributed by atoms with Crippen LogP contribution in [-0.2, 0) is 0 Å². The Morgan fingerprint density at radius 1 is 1.07 bits per heavy atom. The summed E-state index contributed by atoms with van der Waals surface area (Å²) in [6.45, 7) is 0. The monoisotopic (exact) mass is 245 g/mol. The molecule has 1 aromatic heterocycles. The summed E-state index contributed by atoms with van der Waals surface area (Å²) in [4.78, 5) is 1.41. The molecule has 0 fully saturated rings. The number of halogens is 5. The predicted octanol–water partition coefficient (Wildman–Crippen LogP) is 4.49. The Labute approximate surface area is 80.4 Å². The number of nitrogens with zero attached hydrogens (tertiary/aromatic N) is 1. The summed E-state index contributed by atoms with van der Waals surface area (Å²) in [5.41, 5.74) is -0.221. The van der Waals surface area contributed by atoms with Crippen molar-refractivity contribution >= 4 is 21.3 Å². The molecule has 0 bridgehead atoms. The molecule has 0 aliphatic heterocycles. The zero-order valence-electron chi connectivity index (χ0n) is 6.96. The van der Waals surface area contributed by atoms with E-state index in [1.54, 1.807) is 0 Å². The van der Waals surface area contributed by atoms with Crippen LogP contribution >= 0.6 is 10.2 Å². The molecular weight excluding hydrogens is 241 g/mol. The standard InChI is InChI=1S/C7H4F5NOS/c8-15(9,10,11,12)5-1-2-7-6(3-5)13-4-14-7/h1-4H. The highest BCUT2D eigenvalue weighted by molar-refractivity contribution is 8.45. The smallest absolute Gasteiger partial charge is 0.310 e. The molecule has 0 aliphatic rings. The number of benzene rings is 1. The summed E-state index contributed by atoms with van der Waals surface area (Å²) < 4.78 is 66.3. The van der Waals surface area contributed by atoms with Crippen molar-refractivity contribution in [3.05, 3.63) is 24.6 Å². The van der Waals surface area contributed by atoms with Crippen LogP contribution in [0.15, 0.2) is 33.9 Å². The van der Waals surface area contributed by atoms with Crippen LogP contribution in [-0.4, -0.2) is 4.98 Å². The molecule has 0 unspecified atom stereocenters. The van der Waals surface area contributed by atoms with E-state index in [-0.39, 0.29) is 23.2 Å². The molecule has 0 radical (unpaired) electrons. The first kappa shape index (κ1) is 10.2. The summed E-state index contributed by atoms with van der Waals surface area (Å²) in [6.07, 6.45) is 0.889. The second-order valence-corrected chi connectivity index (χ2v) is 5.36. The van der Waals surface area contributed by atoms with E-state index in [1.807, 2.05) is 0 Å². The molecule has 2 nitrogen and oxygen atoms in total. The topological polar surface area (TPSA) is 26.0 Å². The van der Waals surface area contributed by atoms with E-state index in [9.17, 15) is 19.4 Å². The van der Waals surface area contributed by atoms with E-state index in [1.165, 1.54) is 0 Å². The molecule has 0 spiro atoms. The van der Waals surface area contributed by atoms with Crippen LogP contribution in [0.3, 0.4) is 0 Å². The largest absolute Gasteiger partial charge is 0.443 e. The van der Waals surface area contributed by atoms with E-state index in [0.717, 1.165) is 12.5 Å². The average Bonchev–Trinajstić information content (AvgIpc) is 2.45. The molecule has 1 heterocycles. The van der Waals surface area contributed by atoms with Gasteiger partial charge in [0.25, 0.3) is 0 Å². The molecule has 0 aliphatic carbocycles. The van der Waals surface area contributed by atoms with E-state index in [4.69, 9.17) is 0 Å². The Morgan fingerprint density at radius 2 is 1.73 bits per heavy atom. The Kier molecular flexibility index (Phi) is 1.43. The fourth-order valence-corrected chi connectivity index (χ4v) is 1.74. The summed E-state index contributed by atoms with van der Waals surface area (Å²) in [7, 11) is -9.61. The van der Waals surface area contributed by atoms with Crippen molar-refractivity contribution in [2.45, 2.75) is 4.90 Å². The summed E-state index contributed by atoms with van der Waals surface area (Å²) >= 11 is 0. The Hall–Kier alpha value is -1.31. The van der Waals surface area contributed by atoms with E-state index >= 15 is 0 Å². The van der Waals surface area contributed by atoms with Crippen LogP contribution in [0.25, 0.3) is 11.1 Å². The van der Waals surface area contributed by atoms with Crippen LogP contribution in [0.2, 0.25) is 0 Å². The predicted molar refractivity (Wildman–Crippen MR) is 45.4 cm³/mol. The van der Waals surface area contributed by atoms with Crippen LogP contribution < -0.4 is 0 Å². The summed E-state index contributed by atoms with van der Waals surface area (Å²) in [5, 5.41) is 0. The van der Waals surface area contributed by atoms with Crippen molar-refractivity contribution in [2.24, 2.45) is 0 Å². The van der Waals surface area contributed by atoms with Crippen molar-refractivity contribution in [3.8, 4) is 0 Å². The molecule has 8 heteroatoms. The van der Waals surface area contributed by atoms with Crippen molar-refractivity contribution in [1.29, 1.82) is 0 Å². The molecule has 2 aromatic rings. The van der Waals surface area contributed by atoms with Crippen LogP contribution in [0.4, 0.5) is 19.4 Å². The highest BCUT2D eigenvalue weighted by atomic mass is 32.5. The average molecular weight is 245 g/mol. The number of fused-ring (bicyclic) bond motifs is 1. The lowest BCUT2D eigenvalue weighted by Gasteiger charge is -2.40. The third kappa shape index (κ3) is 1.89. The first-order chi connectivity index (χ1) is 6.56. The second kappa shape index (κ2) is 2.11. The SMILES string of the molecule is FS(F)(F)(F)(F)c1ccc2ocnc2c1. The van der Waals surface area contributed by atoms with Gasteiger partial charge < -0.3 is 4.42 Å². The fraction of sp³-hybridized carbons (Fsp3) is 0. The minimum atomic E-state index is -9.61. The van der Waals surface area contributed by atoms with E-state index in [2.05, 4.69) is 9.40 Å². The minimum absolute atomic E-state index is 0.0283. The maximum atomic E-state index is 12.3. The quantitative estimate of drug-likeness (QED) is 0.692. The lowest BCUT2D eigenvalue weighted by atomic mass is 10.3. The molecule has 0 atom stereocenters. The van der Waals surface area contributed by atoms with Gasteiger partial charge in [-0.05, 0) is 18.2 Å². The number of rotatable bonds is 1. The van der Waals surface area contributed by atoms with Gasteiger partial charge in [-0.15, -0.1) is 0 Å². The third-order valence-corrected chi connectivity index (χ3v) is 2.89. The van der Waals surface area contributed by atoms with Crippen LogP contribution in [0.5, 0.6) is 0 Å². The Bertz CT molecular complexity index is 530. The molecule has 0 N–H and O–H groups in total. The third-order valence-electron chi connectivity index (χ3n) is 1.75. The first-order valence-electron chi connectivity index (χ1n) is 3.64. The molecule has 0 saturated carbocycles. The molecular formula is C7H4F5NOS. The first-order valence-corrected chi connectivity index (χ1v) is 5.59. The number of hydrogen-bond donors (Lipinski definition) is 0. The van der Waals surface area contributed by atoms with Gasteiger partial charge in [0.1, 0.15) is 10.4 Å². The Balaban J connectivity index is 2.74. The molecule has 1 aromatic carbocycles. The fourth-order valence-electron chi connectivity index (χ4n) is 1.08. The zero-order chi connectivity index (χ0) is 11.4. The lowest BCUT2D eigenvalue weighted by molar-refractivity contribution is 0.364. The molecule has 84 valence electrons. The highest BCUT2D eigenvalue weighted by Crippen LogP contribution is 3.02. The van der Waals surface area contributed by atoms with E-state index < -0.39 is 15.1 Å². The van der Waals surface area contributed by atoms with Gasteiger partial charge in [-0.3, -0.25) is 0 Å². The van der Waals surface area contributed by atoms with Gasteiger partial charge >= 0.3 is 10.2 Å². The zero-order valence-corrected chi connectivity index (χ0v) is 7.78. The molecule has 0 saturated heterocycles. The maximum Gasteiger partial charge on any atom is 0.310 e. The van der Waals surface area contributed by atoms with Crippen molar-refractivity contribution in [1.82, 2.24) is 4.98 Å². The second-order valence-electron chi connectivity index (χ2n) is 2.95. The summed E-state index contributed by atoms with van der Waals surface area (Å²) in [6, 6.07) is 1.38. The number of aromatic nitrogens is 1. The van der Waals surface area contributed by atoms with Gasteiger partial charge in [0.2, 0.25) is 0 Å². The number of oxazole rings is 1. The lowest BCUT2D eigenvalue weighted by Crippen LogP contribution is -2.05. The van der Waals surface area contributed by atoms with Gasteiger partial charge in [0.05, 0.1) is 0 Å². The van der Waals surface area contributed by atoms with Crippen molar-refractivity contribution < 1.29 is 23.8 Å². The van der Waals surface area contributed by atoms with E-state index in [0.29, 0.717) is 0 Å². The van der Waals surface area contributed by atoms with Gasteiger partial charge in [0, 0.05) is 0 Å². The van der Waals surface area contributed by atoms with Gasteiger partial charge in [-0.1, -0.05) is 19.4 Å². The van der Waals surface area contributed by atoms with Crippen molar-refractivity contribution in [2.75, 3.05) is 0 Å². The van der Waals surface area contributed by atoms with Crippen LogP contribution in [0.1, 0.15) is 0 Å². The maximum absolute atomic E-state index is 12.3. The minimum Gasteiger partial charge on any atom is -0.443 e. The summed E-state index contributed by atoms with van der Waals surface area (Å²) in [5.74, 6) is 0. The number of hydrogen-bond acceptors (Lipinski definition) is 2. The van der Waals surface area contributed by atoms with Gasteiger partial charge in [0.15, 0.2) is 12.0 Å². The van der Waals surface area contributed by atoms with Crippen molar-refractivity contribution in [3.63, 3.8) is 0 Å². The van der Waals surface area contributed by atoms with Gasteiger partial charge in [-0.2, -0.15) is 0 Å². The molecule has 0 amide bonds. The molecule has 2 rings (SSSR count). The van der Waals surface area contributed by atoms with Gasteiger partial charge in [-0.25, -0.2) is 4.98 Å².